The van der Waals surface area contributed by atoms with E-state index in [4.69, 9.17) is 42.4 Å². The van der Waals surface area contributed by atoms with Gasteiger partial charge in [0.2, 0.25) is 5.78 Å². The molecular formula is C44H47Cl2N5O6. The summed E-state index contributed by atoms with van der Waals surface area (Å²) in [7, 11) is 3.03. The molecule has 13 heteroatoms. The molecule has 2 aliphatic heterocycles. The SMILES string of the molecule is CCc1c(OC)cc(C(=O)N2CCC(CCN3CCC(C(=O)c4nc5ccccc5n4Cc4ccccn4)CC3)(c3ccc(Cl)c(Cl)c3)C2)c(OC(C)=O)c1OC. The molecule has 1 unspecified atom stereocenters. The number of piperidine rings is 1. The molecule has 7 rings (SSSR count). The fraction of sp³-hybridized carbons (Fsp3) is 0.386. The van der Waals surface area contributed by atoms with Crippen molar-refractivity contribution in [1.82, 2.24) is 24.3 Å². The Morgan fingerprint density at radius 3 is 2.37 bits per heavy atom. The summed E-state index contributed by atoms with van der Waals surface area (Å²) in [5.74, 6) is 0.413. The molecule has 2 aliphatic rings. The van der Waals surface area contributed by atoms with Gasteiger partial charge in [-0.25, -0.2) is 4.98 Å². The third-order valence-electron chi connectivity index (χ3n) is 11.5. The number of benzene rings is 3. The van der Waals surface area contributed by atoms with Gasteiger partial charge < -0.3 is 28.6 Å². The highest BCUT2D eigenvalue weighted by Gasteiger charge is 2.43. The number of nitrogens with zero attached hydrogens (tertiary/aromatic N) is 5. The maximum absolute atomic E-state index is 14.5. The zero-order valence-electron chi connectivity index (χ0n) is 32.7. The molecule has 0 spiro atoms. The van der Waals surface area contributed by atoms with Crippen molar-refractivity contribution >= 4 is 51.9 Å². The lowest BCUT2D eigenvalue weighted by Crippen LogP contribution is -2.41. The highest BCUT2D eigenvalue weighted by molar-refractivity contribution is 6.42. The summed E-state index contributed by atoms with van der Waals surface area (Å²) < 4.78 is 19.0. The highest BCUT2D eigenvalue weighted by Crippen LogP contribution is 2.45. The molecule has 0 saturated carbocycles. The second kappa shape index (κ2) is 17.3. The van der Waals surface area contributed by atoms with E-state index >= 15 is 0 Å². The highest BCUT2D eigenvalue weighted by atomic mass is 35.5. The number of fused-ring (bicyclic) bond motifs is 1. The van der Waals surface area contributed by atoms with Gasteiger partial charge in [0.25, 0.3) is 5.91 Å². The van der Waals surface area contributed by atoms with Crippen LogP contribution in [0.4, 0.5) is 0 Å². The first-order valence-corrected chi connectivity index (χ1v) is 20.1. The Morgan fingerprint density at radius 2 is 1.68 bits per heavy atom. The Labute approximate surface area is 342 Å². The van der Waals surface area contributed by atoms with Gasteiger partial charge in [0.1, 0.15) is 5.75 Å². The van der Waals surface area contributed by atoms with Gasteiger partial charge in [0.15, 0.2) is 17.3 Å². The maximum atomic E-state index is 14.5. The van der Waals surface area contributed by atoms with Crippen LogP contribution < -0.4 is 14.2 Å². The first-order chi connectivity index (χ1) is 27.5. The quantitative estimate of drug-likeness (QED) is 0.0662. The molecule has 2 aromatic heterocycles. The van der Waals surface area contributed by atoms with Crippen LogP contribution in [0.15, 0.2) is 72.9 Å². The Hall–Kier alpha value is -4.97. The van der Waals surface area contributed by atoms with Gasteiger partial charge in [-0.1, -0.05) is 54.4 Å². The van der Waals surface area contributed by atoms with Crippen molar-refractivity contribution in [3.63, 3.8) is 0 Å². The zero-order chi connectivity index (χ0) is 40.3. The van der Waals surface area contributed by atoms with Crippen molar-refractivity contribution in [3.8, 4) is 17.2 Å². The zero-order valence-corrected chi connectivity index (χ0v) is 34.2. The molecule has 1 amide bonds. The van der Waals surface area contributed by atoms with Crippen molar-refractivity contribution < 1.29 is 28.6 Å². The number of rotatable bonds is 13. The predicted octanol–water partition coefficient (Wildman–Crippen LogP) is 8.06. The molecule has 2 saturated heterocycles. The molecule has 3 aromatic carbocycles. The lowest BCUT2D eigenvalue weighted by atomic mass is 9.76. The average molecular weight is 813 g/mol. The number of imidazole rings is 1. The number of esters is 1. The Balaban J connectivity index is 1.09. The van der Waals surface area contributed by atoms with Crippen LogP contribution in [0.25, 0.3) is 11.0 Å². The minimum absolute atomic E-state index is 0.0624. The number of hydrogen-bond acceptors (Lipinski definition) is 9. The number of carbonyl (C=O) groups excluding carboxylic acids is 3. The maximum Gasteiger partial charge on any atom is 0.308 e. The topological polar surface area (TPSA) is 116 Å². The summed E-state index contributed by atoms with van der Waals surface area (Å²) >= 11 is 13.0. The molecule has 0 aliphatic carbocycles. The standard InChI is InChI=1S/C44H47Cl2N5O6/c1-5-32-38(55-3)25-33(41(40(32)56-4)57-28(2)52)43(54)50-23-18-44(27-50,30-13-14-34(45)35(46)24-30)17-22-49-20-15-29(16-21-49)39(53)42-48-36-11-6-7-12-37(36)51(42)26-31-10-8-9-19-47-31/h6-14,19,24-25,29H,5,15-18,20-23,26-27H2,1-4H3. The largest absolute Gasteiger partial charge is 0.496 e. The van der Waals surface area contributed by atoms with Crippen molar-refractivity contribution in [2.75, 3.05) is 46.9 Å². The van der Waals surface area contributed by atoms with Crippen LogP contribution >= 0.6 is 23.2 Å². The third-order valence-corrected chi connectivity index (χ3v) is 12.2. The molecule has 4 heterocycles. The fourth-order valence-electron chi connectivity index (χ4n) is 8.47. The van der Waals surface area contributed by atoms with Gasteiger partial charge in [-0.2, -0.15) is 0 Å². The lowest BCUT2D eigenvalue weighted by molar-refractivity contribution is -0.132. The molecule has 11 nitrogen and oxygen atoms in total. The minimum atomic E-state index is -0.560. The van der Waals surface area contributed by atoms with E-state index in [0.717, 1.165) is 48.3 Å². The van der Waals surface area contributed by atoms with Crippen molar-refractivity contribution in [2.45, 2.75) is 57.9 Å². The molecule has 5 aromatic rings. The second-order valence-corrected chi connectivity index (χ2v) is 15.7. The van der Waals surface area contributed by atoms with E-state index in [9.17, 15) is 14.4 Å². The van der Waals surface area contributed by atoms with Crippen molar-refractivity contribution in [1.29, 1.82) is 0 Å². The number of amides is 1. The van der Waals surface area contributed by atoms with Crippen LogP contribution in [0.5, 0.6) is 17.2 Å². The summed E-state index contributed by atoms with van der Waals surface area (Å²) in [6.45, 7) is 6.85. The number of para-hydroxylation sites is 2. The van der Waals surface area contributed by atoms with E-state index < -0.39 is 11.4 Å². The predicted molar refractivity (Wildman–Crippen MR) is 220 cm³/mol. The molecule has 0 bridgehead atoms. The van der Waals surface area contributed by atoms with Gasteiger partial charge >= 0.3 is 5.97 Å². The molecule has 57 heavy (non-hydrogen) atoms. The number of aromatic nitrogens is 3. The molecule has 0 N–H and O–H groups in total. The van der Waals surface area contributed by atoms with Gasteiger partial charge in [0.05, 0.1) is 53.1 Å². The first-order valence-electron chi connectivity index (χ1n) is 19.4. The summed E-state index contributed by atoms with van der Waals surface area (Å²) in [5.41, 5.74) is 4.04. The smallest absolute Gasteiger partial charge is 0.308 e. The number of halogens is 2. The van der Waals surface area contributed by atoms with E-state index in [0.29, 0.717) is 78.2 Å². The Morgan fingerprint density at radius 1 is 0.912 bits per heavy atom. The van der Waals surface area contributed by atoms with Crippen LogP contribution in [0.3, 0.4) is 0 Å². The number of ether oxygens (including phenoxy) is 3. The van der Waals surface area contributed by atoms with Gasteiger partial charge in [-0.05, 0) is 99.8 Å². The monoisotopic (exact) mass is 811 g/mol. The normalized spacial score (nSPS) is 17.5. The third kappa shape index (κ3) is 8.24. The Kier molecular flexibility index (Phi) is 12.2. The summed E-state index contributed by atoms with van der Waals surface area (Å²) in [5, 5.41) is 0.913. The summed E-state index contributed by atoms with van der Waals surface area (Å²) in [6, 6.07) is 21.0. The number of likely N-dealkylation sites (tertiary alicyclic amines) is 2. The van der Waals surface area contributed by atoms with E-state index in [2.05, 4.69) is 9.88 Å². The van der Waals surface area contributed by atoms with Crippen LogP contribution in [-0.4, -0.2) is 88.9 Å². The second-order valence-electron chi connectivity index (χ2n) is 14.9. The average Bonchev–Trinajstić information content (AvgIpc) is 3.83. The van der Waals surface area contributed by atoms with E-state index in [-0.39, 0.29) is 28.9 Å². The van der Waals surface area contributed by atoms with Crippen LogP contribution in [0.2, 0.25) is 10.0 Å². The van der Waals surface area contributed by atoms with E-state index in [1.807, 2.05) is 72.2 Å². The van der Waals surface area contributed by atoms with Gasteiger partial charge in [0, 0.05) is 43.1 Å². The summed E-state index contributed by atoms with van der Waals surface area (Å²) in [6.07, 6.45) is 5.16. The molecular weight excluding hydrogens is 765 g/mol. The van der Waals surface area contributed by atoms with E-state index in [1.165, 1.54) is 21.1 Å². The number of Topliss-reactive ketones (excluding diaryl/α,β-unsaturated/α-hetero) is 1. The number of hydrogen-bond donors (Lipinski definition) is 0. The molecule has 0 radical (unpaired) electrons. The van der Waals surface area contributed by atoms with Crippen LogP contribution in [-0.2, 0) is 23.2 Å². The fourth-order valence-corrected chi connectivity index (χ4v) is 8.77. The first kappa shape index (κ1) is 40.2. The van der Waals surface area contributed by atoms with E-state index in [1.54, 1.807) is 17.2 Å². The van der Waals surface area contributed by atoms with Crippen LogP contribution in [0, 0.1) is 5.92 Å². The number of pyridine rings is 1. The molecule has 1 atom stereocenters. The summed E-state index contributed by atoms with van der Waals surface area (Å²) in [4.78, 5) is 54.4. The lowest BCUT2D eigenvalue weighted by Gasteiger charge is -2.36. The Bertz CT molecular complexity index is 2290. The van der Waals surface area contributed by atoms with Crippen molar-refractivity contribution in [2.24, 2.45) is 5.92 Å². The number of methoxy groups -OCH3 is 2. The number of carbonyl (C=O) groups is 3. The molecule has 2 fully saturated rings. The minimum Gasteiger partial charge on any atom is -0.496 e. The van der Waals surface area contributed by atoms with Crippen molar-refractivity contribution in [3.05, 3.63) is 111 Å². The molecule has 298 valence electrons. The van der Waals surface area contributed by atoms with Crippen LogP contribution in [0.1, 0.15) is 77.3 Å². The van der Waals surface area contributed by atoms with Gasteiger partial charge in [-0.15, -0.1) is 0 Å². The number of ketones is 1. The van der Waals surface area contributed by atoms with Gasteiger partial charge in [-0.3, -0.25) is 19.4 Å².